The maximum atomic E-state index is 13.4. The summed E-state index contributed by atoms with van der Waals surface area (Å²) in [5.74, 6) is -0.166. The van der Waals surface area contributed by atoms with Crippen LogP contribution in [0.2, 0.25) is 5.02 Å². The van der Waals surface area contributed by atoms with Crippen molar-refractivity contribution in [2.24, 2.45) is 0 Å². The number of nitrogens with zero attached hydrogens (tertiary/aromatic N) is 3. The Morgan fingerprint density at radius 1 is 1.35 bits per heavy atom. The molecule has 2 aromatic heterocycles. The molecule has 15 heteroatoms. The van der Waals surface area contributed by atoms with Gasteiger partial charge in [-0.1, -0.05) is 11.6 Å². The second-order valence-corrected chi connectivity index (χ2v) is 10.4. The average Bonchev–Trinajstić information content (AvgIpc) is 3.26. The third-order valence-electron chi connectivity index (χ3n) is 4.85. The van der Waals surface area contributed by atoms with Crippen molar-refractivity contribution >= 4 is 58.5 Å². The van der Waals surface area contributed by atoms with Crippen molar-refractivity contribution in [3.05, 3.63) is 39.6 Å². The first-order valence-corrected chi connectivity index (χ1v) is 12.6. The third-order valence-corrected chi connectivity index (χ3v) is 7.77. The number of nitrogen functional groups attached to an aromatic ring is 1. The molecule has 2 fully saturated rings. The number of nitrogens with one attached hydrogen (secondary N) is 1. The van der Waals surface area contributed by atoms with Gasteiger partial charge in [0, 0.05) is 9.92 Å². The number of aromatic nitrogens is 4. The molecule has 5 rings (SSSR count). The molecule has 4 heterocycles. The van der Waals surface area contributed by atoms with E-state index in [-0.39, 0.29) is 28.9 Å². The van der Waals surface area contributed by atoms with Gasteiger partial charge in [-0.15, -0.1) is 9.05 Å². The molecule has 1 aromatic carbocycles. The van der Waals surface area contributed by atoms with E-state index in [1.165, 1.54) is 4.57 Å². The second-order valence-electron chi connectivity index (χ2n) is 6.76. The van der Waals surface area contributed by atoms with Gasteiger partial charge >= 0.3 is 7.15 Å². The highest BCUT2D eigenvalue weighted by molar-refractivity contribution is 8.00. The lowest BCUT2D eigenvalue weighted by atomic mass is 10.1. The Labute approximate surface area is 187 Å². The number of fused-ring (bicyclic) bond motifs is 2. The second kappa shape index (κ2) is 7.94. The van der Waals surface area contributed by atoms with Crippen LogP contribution in [0.3, 0.4) is 0 Å². The fourth-order valence-corrected chi connectivity index (χ4v) is 6.00. The molecule has 0 aliphatic carbocycles. The molecule has 4 unspecified atom stereocenters. The molecule has 0 bridgehead atoms. The van der Waals surface area contributed by atoms with E-state index in [0.717, 1.165) is 0 Å². The number of aliphatic hydroxyl groups excluding tert-OH is 1. The number of nitrogens with two attached hydrogens (primary N) is 1. The molecule has 0 radical (unpaired) electrons. The first-order chi connectivity index (χ1) is 14.8. The Bertz CT molecular complexity index is 1280. The molecular weight excluding hydrogens is 489 g/mol. The van der Waals surface area contributed by atoms with Gasteiger partial charge in [0.2, 0.25) is 22.9 Å². The predicted octanol–water partition coefficient (Wildman–Crippen LogP) is 0.969. The molecular formula is C16H14ClN5O6PS2+. The van der Waals surface area contributed by atoms with Crippen LogP contribution in [0, 0.1) is 0 Å². The maximum absolute atomic E-state index is 13.4. The van der Waals surface area contributed by atoms with Gasteiger partial charge in [0.1, 0.15) is 29.6 Å². The molecule has 0 saturated carbocycles. The molecule has 4 N–H and O–H groups in total. The lowest BCUT2D eigenvalue weighted by molar-refractivity contribution is -0.0557. The van der Waals surface area contributed by atoms with Crippen molar-refractivity contribution in [1.29, 1.82) is 0 Å². The number of benzene rings is 1. The van der Waals surface area contributed by atoms with E-state index >= 15 is 0 Å². The summed E-state index contributed by atoms with van der Waals surface area (Å²) in [5, 5.41) is 11.4. The summed E-state index contributed by atoms with van der Waals surface area (Å²) in [6.07, 6.45) is -3.69. The number of aliphatic hydroxyl groups is 1. The monoisotopic (exact) mass is 502 g/mol. The number of hydrogen-bond donors (Lipinski definition) is 3. The topological polar surface area (TPSA) is 155 Å². The van der Waals surface area contributed by atoms with E-state index in [0.29, 0.717) is 9.92 Å². The smallest absolute Gasteiger partial charge is 0.385 e. The van der Waals surface area contributed by atoms with Crippen molar-refractivity contribution in [2.45, 2.75) is 34.6 Å². The van der Waals surface area contributed by atoms with E-state index in [1.807, 2.05) is 0 Å². The lowest BCUT2D eigenvalue weighted by Crippen LogP contribution is -2.37. The average molecular weight is 503 g/mol. The number of anilines is 1. The van der Waals surface area contributed by atoms with Gasteiger partial charge in [0.25, 0.3) is 5.56 Å². The van der Waals surface area contributed by atoms with Crippen LogP contribution in [0.1, 0.15) is 6.23 Å². The van der Waals surface area contributed by atoms with Crippen LogP contribution < -0.4 is 11.3 Å². The fourth-order valence-electron chi connectivity index (χ4n) is 3.47. The number of aromatic amines is 1. The van der Waals surface area contributed by atoms with Gasteiger partial charge in [-0.3, -0.25) is 14.3 Å². The van der Waals surface area contributed by atoms with Crippen molar-refractivity contribution in [1.82, 2.24) is 19.5 Å². The highest BCUT2D eigenvalue weighted by Crippen LogP contribution is 2.43. The number of hydrogen-bond acceptors (Lipinski definition) is 10. The number of halogens is 1. The van der Waals surface area contributed by atoms with Crippen LogP contribution in [0.15, 0.2) is 39.1 Å². The number of rotatable bonds is 3. The van der Waals surface area contributed by atoms with E-state index in [4.69, 9.17) is 42.9 Å². The molecule has 0 spiro atoms. The zero-order valence-electron chi connectivity index (χ0n) is 15.4. The molecule has 6 atom stereocenters. The maximum Gasteiger partial charge on any atom is 0.522 e. The Balaban J connectivity index is 1.68. The molecule has 3 aromatic rings. The minimum atomic E-state index is -1.86. The quantitative estimate of drug-likeness (QED) is 0.441. The van der Waals surface area contributed by atoms with Gasteiger partial charge < -0.3 is 15.6 Å². The number of imidazole rings is 1. The molecule has 162 valence electrons. The van der Waals surface area contributed by atoms with Crippen LogP contribution in [0.5, 0.6) is 0 Å². The van der Waals surface area contributed by atoms with Crippen LogP contribution >= 0.6 is 18.8 Å². The summed E-state index contributed by atoms with van der Waals surface area (Å²) in [5.41, 5.74) is 5.02. The number of H-pyrrole nitrogens is 1. The Morgan fingerprint density at radius 3 is 2.84 bits per heavy atom. The van der Waals surface area contributed by atoms with Crippen molar-refractivity contribution < 1.29 is 23.1 Å². The Hall–Kier alpha value is -1.83. The zero-order chi connectivity index (χ0) is 21.9. The highest BCUT2D eigenvalue weighted by Gasteiger charge is 2.54. The largest absolute Gasteiger partial charge is 0.522 e. The van der Waals surface area contributed by atoms with Crippen LogP contribution in [0.4, 0.5) is 5.95 Å². The molecule has 0 amide bonds. The zero-order valence-corrected chi connectivity index (χ0v) is 18.7. The van der Waals surface area contributed by atoms with Gasteiger partial charge in [0.05, 0.1) is 0 Å². The van der Waals surface area contributed by atoms with Gasteiger partial charge in [-0.25, -0.2) is 9.19 Å². The van der Waals surface area contributed by atoms with E-state index < -0.39 is 48.0 Å². The first-order valence-electron chi connectivity index (χ1n) is 8.89. The minimum Gasteiger partial charge on any atom is -0.385 e. The Morgan fingerprint density at radius 2 is 2.10 bits per heavy atom. The van der Waals surface area contributed by atoms with Crippen molar-refractivity contribution in [3.8, 4) is 0 Å². The predicted molar refractivity (Wildman–Crippen MR) is 114 cm³/mol. The molecule has 2 aliphatic rings. The van der Waals surface area contributed by atoms with Crippen molar-refractivity contribution in [3.63, 3.8) is 0 Å². The summed E-state index contributed by atoms with van der Waals surface area (Å²) < 4.78 is 31.5. The third kappa shape index (κ3) is 3.60. The van der Waals surface area contributed by atoms with Crippen LogP contribution in [-0.2, 0) is 36.4 Å². The van der Waals surface area contributed by atoms with E-state index in [1.54, 1.807) is 24.3 Å². The van der Waals surface area contributed by atoms with E-state index in [2.05, 4.69) is 15.0 Å². The molecule has 2 aliphatic heterocycles. The summed E-state index contributed by atoms with van der Waals surface area (Å²) in [6, 6.07) is 6.30. The first kappa shape index (κ1) is 21.0. The summed E-state index contributed by atoms with van der Waals surface area (Å²) >= 11 is 11.0. The van der Waals surface area contributed by atoms with Gasteiger partial charge in [0.15, 0.2) is 23.5 Å². The van der Waals surface area contributed by atoms with Crippen LogP contribution in [0.25, 0.3) is 11.2 Å². The summed E-state index contributed by atoms with van der Waals surface area (Å²) in [4.78, 5) is 23.6. The molecule has 2 saturated heterocycles. The Kier molecular flexibility index (Phi) is 5.39. The fraction of sp³-hybridized carbons (Fsp3) is 0.312. The minimum absolute atomic E-state index is 0.0165. The summed E-state index contributed by atoms with van der Waals surface area (Å²) in [7, 11) is -3.44. The summed E-state index contributed by atoms with van der Waals surface area (Å²) in [6.45, 7) is 0.131. The van der Waals surface area contributed by atoms with E-state index in [9.17, 15) is 14.1 Å². The van der Waals surface area contributed by atoms with Crippen LogP contribution in [-0.4, -0.2) is 53.8 Å². The highest BCUT2D eigenvalue weighted by atomic mass is 35.5. The molecule has 11 nitrogen and oxygen atoms in total. The molecule has 31 heavy (non-hydrogen) atoms. The standard InChI is InChI=1S/C16H13ClN5O6PS2/c17-6-1-3-7(4-2-6)31(25)16-19-9-12(20-15(18)21-13(9)24)22(16)14-10(23)11-8(27-14)5-26-29(30)28-11/h1-4,8,10-11,14,23H,5H2,(H2-,18,20,21,24)/p+1/t8?,10?,11-,14-,31?/m1/s1. The SMILES string of the molecule is Nc1nc2c(nc(S(=O)c3ccc(Cl)cc3)n2[C@@H]2OC3CO[P+](=S)O[C@H]3C2O)c(=O)[nH]1. The normalized spacial score (nSPS) is 28.0. The number of ether oxygens (including phenoxy) is 1. The van der Waals surface area contributed by atoms with Gasteiger partial charge in [-0.05, 0) is 24.3 Å². The van der Waals surface area contributed by atoms with Crippen molar-refractivity contribution in [2.75, 3.05) is 12.3 Å². The van der Waals surface area contributed by atoms with Gasteiger partial charge in [-0.2, -0.15) is 4.98 Å². The lowest BCUT2D eigenvalue weighted by Gasteiger charge is -2.19.